The molecule has 0 N–H and O–H groups in total. The van der Waals surface area contributed by atoms with Crippen LogP contribution in [0.3, 0.4) is 0 Å². The fourth-order valence-corrected chi connectivity index (χ4v) is 1.86. The zero-order valence-electron chi connectivity index (χ0n) is 15.5. The van der Waals surface area contributed by atoms with Crippen molar-refractivity contribution in [2.24, 2.45) is 4.99 Å². The second kappa shape index (κ2) is 12.6. The van der Waals surface area contributed by atoms with Gasteiger partial charge in [0.25, 0.3) is 0 Å². The Morgan fingerprint density at radius 2 is 1.27 bits per heavy atom. The largest absolute Gasteiger partial charge is 0.497 e. The van der Waals surface area contributed by atoms with E-state index >= 15 is 0 Å². The van der Waals surface area contributed by atoms with Crippen molar-refractivity contribution in [3.05, 3.63) is 59.7 Å². The van der Waals surface area contributed by atoms with Crippen LogP contribution in [0.15, 0.2) is 53.5 Å². The first-order chi connectivity index (χ1) is 12.7. The van der Waals surface area contributed by atoms with Gasteiger partial charge in [-0.3, -0.25) is 9.79 Å². The predicted molar refractivity (Wildman–Crippen MR) is 102 cm³/mol. The molecule has 0 bridgehead atoms. The zero-order valence-corrected chi connectivity index (χ0v) is 15.5. The lowest BCUT2D eigenvalue weighted by molar-refractivity contribution is -0.0936. The Kier molecular flexibility index (Phi) is 10.4. The molecule has 0 amide bonds. The highest BCUT2D eigenvalue weighted by molar-refractivity contribution is 5.79. The summed E-state index contributed by atoms with van der Waals surface area (Å²) in [6.45, 7) is 0.485. The van der Waals surface area contributed by atoms with Gasteiger partial charge in [0.15, 0.2) is 6.29 Å². The maximum atomic E-state index is 10.2. The Morgan fingerprint density at radius 1 is 0.808 bits per heavy atom. The number of rotatable bonds is 8. The summed E-state index contributed by atoms with van der Waals surface area (Å²) in [5, 5.41) is 0. The summed E-state index contributed by atoms with van der Waals surface area (Å²) in [4.78, 5) is 14.4. The van der Waals surface area contributed by atoms with E-state index in [1.807, 2.05) is 24.3 Å². The van der Waals surface area contributed by atoms with Crippen molar-refractivity contribution in [2.45, 2.75) is 6.29 Å². The molecule has 0 aliphatic heterocycles. The van der Waals surface area contributed by atoms with E-state index in [0.717, 1.165) is 23.3 Å². The van der Waals surface area contributed by atoms with Gasteiger partial charge in [-0.05, 0) is 54.1 Å². The number of hydrogen-bond acceptors (Lipinski definition) is 6. The van der Waals surface area contributed by atoms with Gasteiger partial charge in [0.05, 0.1) is 20.8 Å². The van der Waals surface area contributed by atoms with E-state index < -0.39 is 0 Å². The minimum atomic E-state index is -0.283. The van der Waals surface area contributed by atoms with Crippen LogP contribution in [0.1, 0.15) is 15.9 Å². The van der Waals surface area contributed by atoms with Gasteiger partial charge in [-0.25, -0.2) is 0 Å². The average Bonchev–Trinajstić information content (AvgIpc) is 2.72. The zero-order chi connectivity index (χ0) is 19.2. The first-order valence-electron chi connectivity index (χ1n) is 7.95. The van der Waals surface area contributed by atoms with Gasteiger partial charge in [0.1, 0.15) is 17.8 Å². The average molecular weight is 359 g/mol. The van der Waals surface area contributed by atoms with Gasteiger partial charge < -0.3 is 18.9 Å². The van der Waals surface area contributed by atoms with Gasteiger partial charge in [-0.2, -0.15) is 0 Å². The maximum Gasteiger partial charge on any atom is 0.176 e. The smallest absolute Gasteiger partial charge is 0.176 e. The van der Waals surface area contributed by atoms with Crippen LogP contribution in [0.2, 0.25) is 0 Å². The lowest BCUT2D eigenvalue weighted by atomic mass is 10.2. The Morgan fingerprint density at radius 3 is 1.65 bits per heavy atom. The highest BCUT2D eigenvalue weighted by atomic mass is 16.7. The molecule has 26 heavy (non-hydrogen) atoms. The molecule has 6 heteroatoms. The summed E-state index contributed by atoms with van der Waals surface area (Å²) in [5.41, 5.74) is 1.69. The third kappa shape index (κ3) is 7.92. The third-order valence-electron chi connectivity index (χ3n) is 3.39. The molecule has 2 aromatic carbocycles. The number of ether oxygens (including phenoxy) is 4. The van der Waals surface area contributed by atoms with E-state index in [0.29, 0.717) is 12.1 Å². The molecule has 0 fully saturated rings. The normalized spacial score (nSPS) is 10.3. The van der Waals surface area contributed by atoms with Crippen LogP contribution >= 0.6 is 0 Å². The Balaban J connectivity index is 0.000000289. The molecular weight excluding hydrogens is 334 g/mol. The lowest BCUT2D eigenvalue weighted by Crippen LogP contribution is -2.16. The van der Waals surface area contributed by atoms with Crippen LogP contribution in [-0.2, 0) is 9.47 Å². The Hall–Kier alpha value is -2.70. The molecule has 0 aliphatic carbocycles. The van der Waals surface area contributed by atoms with E-state index in [4.69, 9.17) is 18.9 Å². The molecule has 6 nitrogen and oxygen atoms in total. The fourth-order valence-electron chi connectivity index (χ4n) is 1.86. The van der Waals surface area contributed by atoms with Crippen LogP contribution in [0, 0.1) is 0 Å². The molecule has 2 rings (SSSR count). The number of methoxy groups -OCH3 is 4. The van der Waals surface area contributed by atoms with Crippen molar-refractivity contribution in [1.29, 1.82) is 0 Å². The van der Waals surface area contributed by atoms with E-state index in [1.54, 1.807) is 58.9 Å². The van der Waals surface area contributed by atoms with Crippen LogP contribution in [0.4, 0.5) is 0 Å². The summed E-state index contributed by atoms with van der Waals surface area (Å²) >= 11 is 0. The third-order valence-corrected chi connectivity index (χ3v) is 3.39. The van der Waals surface area contributed by atoms with E-state index in [9.17, 15) is 4.79 Å². The van der Waals surface area contributed by atoms with Crippen molar-refractivity contribution in [1.82, 2.24) is 0 Å². The number of aldehydes is 1. The molecule has 0 radical (unpaired) electrons. The Labute approximate surface area is 154 Å². The molecule has 2 aromatic rings. The predicted octanol–water partition coefficient (Wildman–Crippen LogP) is 3.24. The minimum absolute atomic E-state index is 0.283. The van der Waals surface area contributed by atoms with Crippen molar-refractivity contribution in [2.75, 3.05) is 35.0 Å². The first kappa shape index (κ1) is 21.3. The molecule has 0 saturated heterocycles. The quantitative estimate of drug-likeness (QED) is 0.411. The van der Waals surface area contributed by atoms with Crippen molar-refractivity contribution < 1.29 is 23.7 Å². The molecule has 0 spiro atoms. The molecule has 0 heterocycles. The first-order valence-corrected chi connectivity index (χ1v) is 7.95. The van der Waals surface area contributed by atoms with E-state index in [1.165, 1.54) is 0 Å². The van der Waals surface area contributed by atoms with Gasteiger partial charge in [-0.15, -0.1) is 0 Å². The van der Waals surface area contributed by atoms with Crippen LogP contribution < -0.4 is 9.47 Å². The van der Waals surface area contributed by atoms with Crippen LogP contribution in [0.25, 0.3) is 0 Å². The Bertz CT molecular complexity index is 649. The summed E-state index contributed by atoms with van der Waals surface area (Å²) in [6, 6.07) is 14.6. The summed E-state index contributed by atoms with van der Waals surface area (Å²) < 4.78 is 20.0. The molecule has 0 unspecified atom stereocenters. The maximum absolute atomic E-state index is 10.2. The SMILES string of the molecule is COc1ccc(C=NCC(OC)OC)cc1.COc1ccc(C=O)cc1. The van der Waals surface area contributed by atoms with Gasteiger partial charge in [0, 0.05) is 26.0 Å². The number of hydrogen-bond donors (Lipinski definition) is 0. The van der Waals surface area contributed by atoms with E-state index in [-0.39, 0.29) is 6.29 Å². The monoisotopic (exact) mass is 359 g/mol. The summed E-state index contributed by atoms with van der Waals surface area (Å²) in [6.07, 6.45) is 2.30. The van der Waals surface area contributed by atoms with Crippen molar-refractivity contribution in [3.63, 3.8) is 0 Å². The van der Waals surface area contributed by atoms with Gasteiger partial charge in [-0.1, -0.05) is 0 Å². The second-order valence-electron chi connectivity index (χ2n) is 5.06. The topological polar surface area (TPSA) is 66.3 Å². The standard InChI is InChI=1S/C12H17NO3.C8H8O2/c1-14-11-6-4-10(5-7-11)8-13-9-12(15-2)16-3;1-10-8-4-2-7(6-9)3-5-8/h4-8,12H,9H2,1-3H3;2-6H,1H3. The molecular formula is C20H25NO5. The molecule has 0 saturated carbocycles. The number of aliphatic imine (C=N–C) groups is 1. The van der Waals surface area contributed by atoms with Crippen molar-refractivity contribution in [3.8, 4) is 11.5 Å². The van der Waals surface area contributed by atoms with Crippen molar-refractivity contribution >= 4 is 12.5 Å². The lowest BCUT2D eigenvalue weighted by Gasteiger charge is -2.09. The molecule has 0 aliphatic rings. The number of carbonyl (C=O) groups is 1. The number of nitrogens with zero attached hydrogens (tertiary/aromatic N) is 1. The molecule has 0 atom stereocenters. The van der Waals surface area contributed by atoms with E-state index in [2.05, 4.69) is 4.99 Å². The van der Waals surface area contributed by atoms with Gasteiger partial charge in [0.2, 0.25) is 0 Å². The number of carbonyl (C=O) groups excluding carboxylic acids is 1. The van der Waals surface area contributed by atoms with Crippen LogP contribution in [0.5, 0.6) is 11.5 Å². The summed E-state index contributed by atoms with van der Waals surface area (Å²) in [7, 11) is 6.43. The fraction of sp³-hybridized carbons (Fsp3) is 0.300. The molecule has 0 aromatic heterocycles. The number of benzene rings is 2. The highest BCUT2D eigenvalue weighted by Gasteiger charge is 2.01. The highest BCUT2D eigenvalue weighted by Crippen LogP contribution is 2.10. The van der Waals surface area contributed by atoms with Gasteiger partial charge >= 0.3 is 0 Å². The second-order valence-corrected chi connectivity index (χ2v) is 5.06. The molecule has 140 valence electrons. The minimum Gasteiger partial charge on any atom is -0.497 e. The summed E-state index contributed by atoms with van der Waals surface area (Å²) in [5.74, 6) is 1.61. The van der Waals surface area contributed by atoms with Crippen LogP contribution in [-0.4, -0.2) is 53.8 Å².